The van der Waals surface area contributed by atoms with Crippen LogP contribution in [0.2, 0.25) is 0 Å². The van der Waals surface area contributed by atoms with Gasteiger partial charge in [0.1, 0.15) is 11.6 Å². The lowest BCUT2D eigenvalue weighted by Crippen LogP contribution is -2.04. The number of pyridine rings is 1. The fourth-order valence-corrected chi connectivity index (χ4v) is 9.45. The zero-order chi connectivity index (χ0) is 42.1. The molecule has 0 saturated heterocycles. The first-order valence-electron chi connectivity index (χ1n) is 21.5. The number of nitrogens with zero attached hydrogens (tertiary/aromatic N) is 6. The van der Waals surface area contributed by atoms with Gasteiger partial charge in [-0.25, -0.2) is 19.9 Å². The first kappa shape index (κ1) is 36.0. The molecule has 0 fully saturated rings. The van der Waals surface area contributed by atoms with Crippen LogP contribution in [-0.4, -0.2) is 29.1 Å². The fraction of sp³-hybridized carbons (Fsp3) is 0. The van der Waals surface area contributed by atoms with Gasteiger partial charge in [-0.05, 0) is 81.2 Å². The minimum Gasteiger partial charge on any atom is -0.294 e. The van der Waals surface area contributed by atoms with Crippen LogP contribution in [0.15, 0.2) is 218 Å². The predicted molar refractivity (Wildman–Crippen MR) is 263 cm³/mol. The van der Waals surface area contributed by atoms with E-state index in [0.29, 0.717) is 17.5 Å². The van der Waals surface area contributed by atoms with Crippen LogP contribution in [0, 0.1) is 0 Å². The smallest absolute Gasteiger partial charge is 0.164 e. The van der Waals surface area contributed by atoms with E-state index in [1.807, 2.05) is 60.7 Å². The molecule has 0 atom stereocenters. The number of aromatic nitrogens is 6. The topological polar surface area (TPSA) is 61.4 Å². The van der Waals surface area contributed by atoms with E-state index in [1.165, 1.54) is 43.1 Å². The Morgan fingerprint density at radius 3 is 1.05 bits per heavy atom. The highest BCUT2D eigenvalue weighted by Gasteiger charge is 2.20. The summed E-state index contributed by atoms with van der Waals surface area (Å²) in [6.45, 7) is 0. The third-order valence-electron chi connectivity index (χ3n) is 12.5. The summed E-state index contributed by atoms with van der Waals surface area (Å²) in [4.78, 5) is 20.6. The van der Waals surface area contributed by atoms with Crippen molar-refractivity contribution in [1.82, 2.24) is 29.1 Å². The van der Waals surface area contributed by atoms with Gasteiger partial charge in [0.25, 0.3) is 0 Å². The van der Waals surface area contributed by atoms with Crippen LogP contribution in [0.4, 0.5) is 0 Å². The Morgan fingerprint density at radius 1 is 0.234 bits per heavy atom. The van der Waals surface area contributed by atoms with Gasteiger partial charge in [0, 0.05) is 38.2 Å². The molecule has 0 aliphatic heterocycles. The van der Waals surface area contributed by atoms with Crippen molar-refractivity contribution in [1.29, 1.82) is 0 Å². The molecule has 0 bridgehead atoms. The second-order valence-corrected chi connectivity index (χ2v) is 16.3. The molecule has 6 heteroatoms. The van der Waals surface area contributed by atoms with Crippen LogP contribution in [-0.2, 0) is 0 Å². The van der Waals surface area contributed by atoms with Crippen molar-refractivity contribution in [3.05, 3.63) is 218 Å². The molecule has 13 aromatic rings. The average molecular weight is 817 g/mol. The summed E-state index contributed by atoms with van der Waals surface area (Å²) < 4.78 is 4.67. The number of para-hydroxylation sites is 2. The largest absolute Gasteiger partial charge is 0.294 e. The number of hydrogen-bond acceptors (Lipinski definition) is 4. The molecule has 0 aliphatic rings. The molecule has 0 radical (unpaired) electrons. The molecular formula is C58H36N6. The van der Waals surface area contributed by atoms with Crippen LogP contribution in [0.3, 0.4) is 0 Å². The lowest BCUT2D eigenvalue weighted by Gasteiger charge is -2.15. The summed E-state index contributed by atoms with van der Waals surface area (Å²) in [7, 11) is 0. The highest BCUT2D eigenvalue weighted by atomic mass is 15.1. The number of rotatable bonds is 6. The molecular weight excluding hydrogens is 781 g/mol. The zero-order valence-corrected chi connectivity index (χ0v) is 34.5. The van der Waals surface area contributed by atoms with Gasteiger partial charge >= 0.3 is 0 Å². The molecule has 298 valence electrons. The van der Waals surface area contributed by atoms with Crippen LogP contribution in [0.1, 0.15) is 0 Å². The summed E-state index contributed by atoms with van der Waals surface area (Å²) in [6, 6.07) is 77.0. The van der Waals surface area contributed by atoms with Crippen molar-refractivity contribution in [2.45, 2.75) is 0 Å². The highest BCUT2D eigenvalue weighted by molar-refractivity contribution is 6.15. The van der Waals surface area contributed by atoms with Crippen molar-refractivity contribution < 1.29 is 0 Å². The minimum atomic E-state index is 0.616. The third kappa shape index (κ3) is 5.88. The van der Waals surface area contributed by atoms with E-state index in [0.717, 1.165) is 61.5 Å². The van der Waals surface area contributed by atoms with E-state index in [9.17, 15) is 0 Å². The second kappa shape index (κ2) is 14.4. The van der Waals surface area contributed by atoms with Crippen molar-refractivity contribution in [2.24, 2.45) is 0 Å². The van der Waals surface area contributed by atoms with Gasteiger partial charge in [0.15, 0.2) is 17.5 Å². The summed E-state index contributed by atoms with van der Waals surface area (Å²) >= 11 is 0. The predicted octanol–water partition coefficient (Wildman–Crippen LogP) is 14.4. The third-order valence-corrected chi connectivity index (χ3v) is 12.5. The van der Waals surface area contributed by atoms with E-state index in [1.54, 1.807) is 0 Å². The fourth-order valence-electron chi connectivity index (χ4n) is 9.45. The summed E-state index contributed by atoms with van der Waals surface area (Å²) in [5, 5.41) is 9.55. The van der Waals surface area contributed by atoms with Gasteiger partial charge in [0.2, 0.25) is 0 Å². The van der Waals surface area contributed by atoms with Crippen molar-refractivity contribution >= 4 is 65.2 Å². The van der Waals surface area contributed by atoms with Crippen LogP contribution >= 0.6 is 0 Å². The lowest BCUT2D eigenvalue weighted by molar-refractivity contribution is 1.02. The Bertz CT molecular complexity index is 3710. The SMILES string of the molecule is c1ccc(-c2nc(-c3ccccc3)nc(-c3ccc(-c4cc(-n5c6ccccc6c6cc7ccccc7cc65)nc(-n5c6ccccc6c6cc7ccccc7cc65)c4)cc3)n2)cc1. The zero-order valence-electron chi connectivity index (χ0n) is 34.5. The van der Waals surface area contributed by atoms with Crippen molar-refractivity contribution in [3.8, 4) is 56.9 Å². The maximum absolute atomic E-state index is 5.65. The molecule has 0 unspecified atom stereocenters. The van der Waals surface area contributed by atoms with E-state index < -0.39 is 0 Å². The molecule has 0 amide bonds. The molecule has 64 heavy (non-hydrogen) atoms. The van der Waals surface area contributed by atoms with Gasteiger partial charge < -0.3 is 0 Å². The maximum atomic E-state index is 5.65. The molecule has 4 aromatic heterocycles. The highest BCUT2D eigenvalue weighted by Crippen LogP contribution is 2.39. The second-order valence-electron chi connectivity index (χ2n) is 16.3. The molecule has 4 heterocycles. The average Bonchev–Trinajstić information content (AvgIpc) is 3.86. The van der Waals surface area contributed by atoms with E-state index in [2.05, 4.69) is 167 Å². The monoisotopic (exact) mass is 816 g/mol. The Morgan fingerprint density at radius 2 is 0.594 bits per heavy atom. The molecule has 0 saturated carbocycles. The van der Waals surface area contributed by atoms with E-state index in [4.69, 9.17) is 19.9 Å². The number of hydrogen-bond donors (Lipinski definition) is 0. The summed E-state index contributed by atoms with van der Waals surface area (Å²) in [5.41, 5.74) is 9.28. The van der Waals surface area contributed by atoms with Gasteiger partial charge in [-0.15, -0.1) is 0 Å². The lowest BCUT2D eigenvalue weighted by atomic mass is 10.0. The summed E-state index contributed by atoms with van der Waals surface area (Å²) in [6.07, 6.45) is 0. The molecule has 13 rings (SSSR count). The van der Waals surface area contributed by atoms with Crippen molar-refractivity contribution in [2.75, 3.05) is 0 Å². The maximum Gasteiger partial charge on any atom is 0.164 e. The summed E-state index contributed by atoms with van der Waals surface area (Å²) in [5.74, 6) is 3.56. The Hall–Kier alpha value is -8.74. The Kier molecular flexibility index (Phi) is 8.11. The standard InChI is InChI=1S/C58H36N6/c1-3-15-38(16-4-1)56-60-57(39-17-5-2-6-18-39)62-58(61-56)40-29-27-37(28-30-40)45-35-54(63-50-25-13-11-23-46(50)48-31-41-19-7-9-21-43(41)33-52(48)63)59-55(36-45)64-51-26-14-12-24-47(51)49-32-42-20-8-10-22-44(42)34-53(49)64/h1-36H. The minimum absolute atomic E-state index is 0.616. The number of benzene rings is 9. The number of fused-ring (bicyclic) bond motifs is 8. The molecule has 9 aromatic carbocycles. The Labute approximate surface area is 368 Å². The quantitative estimate of drug-likeness (QED) is 0.168. The van der Waals surface area contributed by atoms with Gasteiger partial charge in [0.05, 0.1) is 22.1 Å². The van der Waals surface area contributed by atoms with E-state index in [-0.39, 0.29) is 0 Å². The van der Waals surface area contributed by atoms with Gasteiger partial charge in [-0.1, -0.05) is 170 Å². The molecule has 0 N–H and O–H groups in total. The Balaban J connectivity index is 1.04. The molecule has 0 aliphatic carbocycles. The first-order chi connectivity index (χ1) is 31.7. The van der Waals surface area contributed by atoms with Crippen molar-refractivity contribution in [3.63, 3.8) is 0 Å². The van der Waals surface area contributed by atoms with Gasteiger partial charge in [-0.2, -0.15) is 0 Å². The molecule has 0 spiro atoms. The first-order valence-corrected chi connectivity index (χ1v) is 21.5. The van der Waals surface area contributed by atoms with Crippen LogP contribution < -0.4 is 0 Å². The normalized spacial score (nSPS) is 11.8. The molecule has 6 nitrogen and oxygen atoms in total. The van der Waals surface area contributed by atoms with Crippen LogP contribution in [0.5, 0.6) is 0 Å². The van der Waals surface area contributed by atoms with E-state index >= 15 is 0 Å². The van der Waals surface area contributed by atoms with Crippen LogP contribution in [0.25, 0.3) is 122 Å². The van der Waals surface area contributed by atoms with Gasteiger partial charge in [-0.3, -0.25) is 9.13 Å².